The van der Waals surface area contributed by atoms with Gasteiger partial charge >= 0.3 is 0 Å². The number of nitrogens with zero attached hydrogens (tertiary/aromatic N) is 1. The fourth-order valence-corrected chi connectivity index (χ4v) is 4.56. The Morgan fingerprint density at radius 3 is 2.61 bits per heavy atom. The van der Waals surface area contributed by atoms with Crippen molar-refractivity contribution in [2.24, 2.45) is 0 Å². The molecule has 1 amide bonds. The summed E-state index contributed by atoms with van der Waals surface area (Å²) < 4.78 is 31.2. The maximum absolute atomic E-state index is 12.3. The van der Waals surface area contributed by atoms with Crippen molar-refractivity contribution in [3.63, 3.8) is 0 Å². The zero-order chi connectivity index (χ0) is 20.1. The summed E-state index contributed by atoms with van der Waals surface area (Å²) in [4.78, 5) is 12.3. The van der Waals surface area contributed by atoms with E-state index in [1.807, 2.05) is 30.3 Å². The van der Waals surface area contributed by atoms with E-state index in [0.717, 1.165) is 35.4 Å². The molecule has 0 aliphatic carbocycles. The monoisotopic (exact) mass is 402 g/mol. The molecule has 6 nitrogen and oxygen atoms in total. The van der Waals surface area contributed by atoms with Gasteiger partial charge in [0.2, 0.25) is 15.9 Å². The van der Waals surface area contributed by atoms with Crippen LogP contribution in [0.5, 0.6) is 5.75 Å². The van der Waals surface area contributed by atoms with Crippen LogP contribution in [0.15, 0.2) is 42.5 Å². The topological polar surface area (TPSA) is 75.7 Å². The van der Waals surface area contributed by atoms with Gasteiger partial charge in [-0.25, -0.2) is 8.42 Å². The van der Waals surface area contributed by atoms with Gasteiger partial charge in [-0.2, -0.15) is 0 Å². The lowest BCUT2D eigenvalue weighted by Gasteiger charge is -2.30. The summed E-state index contributed by atoms with van der Waals surface area (Å²) in [6, 6.07) is 13.1. The number of nitrogens with one attached hydrogen (secondary N) is 1. The third-order valence-corrected chi connectivity index (χ3v) is 6.72. The van der Waals surface area contributed by atoms with Crippen molar-refractivity contribution in [3.05, 3.63) is 53.6 Å². The second-order valence-electron chi connectivity index (χ2n) is 6.82. The van der Waals surface area contributed by atoms with Crippen LogP contribution in [0.3, 0.4) is 0 Å². The predicted molar refractivity (Wildman–Crippen MR) is 112 cm³/mol. The molecule has 2 aromatic rings. The zero-order valence-electron chi connectivity index (χ0n) is 16.3. The van der Waals surface area contributed by atoms with E-state index in [1.165, 1.54) is 4.31 Å². The Labute approximate surface area is 166 Å². The van der Waals surface area contributed by atoms with Crippen LogP contribution in [0.4, 0.5) is 11.4 Å². The number of sulfonamides is 1. The minimum Gasteiger partial charge on any atom is -0.497 e. The molecule has 0 atom stereocenters. The molecule has 0 spiro atoms. The average Bonchev–Trinajstić information content (AvgIpc) is 2.72. The van der Waals surface area contributed by atoms with Crippen molar-refractivity contribution in [2.75, 3.05) is 29.0 Å². The minimum absolute atomic E-state index is 0.0652. The number of methoxy groups -OCH3 is 1. The van der Waals surface area contributed by atoms with Gasteiger partial charge in [-0.3, -0.25) is 9.10 Å². The fourth-order valence-electron chi connectivity index (χ4n) is 3.36. The van der Waals surface area contributed by atoms with Gasteiger partial charge in [-0.1, -0.05) is 12.1 Å². The molecule has 0 radical (unpaired) electrons. The highest BCUT2D eigenvalue weighted by atomic mass is 32.2. The Bertz CT molecular complexity index is 939. The van der Waals surface area contributed by atoms with Crippen molar-refractivity contribution in [2.45, 2.75) is 32.6 Å². The number of ether oxygens (including phenoxy) is 1. The van der Waals surface area contributed by atoms with Crippen molar-refractivity contribution < 1.29 is 17.9 Å². The van der Waals surface area contributed by atoms with Gasteiger partial charge in [0.1, 0.15) is 5.75 Å². The number of anilines is 2. The van der Waals surface area contributed by atoms with Crippen LogP contribution in [-0.4, -0.2) is 33.7 Å². The summed E-state index contributed by atoms with van der Waals surface area (Å²) in [6.45, 7) is 2.16. The van der Waals surface area contributed by atoms with Crippen molar-refractivity contribution in [1.29, 1.82) is 0 Å². The van der Waals surface area contributed by atoms with Gasteiger partial charge in [-0.15, -0.1) is 0 Å². The number of hydrogen-bond donors (Lipinski definition) is 1. The lowest BCUT2D eigenvalue weighted by molar-refractivity contribution is -0.116. The SMILES string of the molecule is CCS(=O)(=O)N1CCCc2cc(NC(=O)CCc3ccc(OC)cc3)ccc21. The highest BCUT2D eigenvalue weighted by Gasteiger charge is 2.26. The number of carbonyl (C=O) groups is 1. The Kier molecular flexibility index (Phi) is 6.24. The van der Waals surface area contributed by atoms with Crippen LogP contribution in [0.2, 0.25) is 0 Å². The van der Waals surface area contributed by atoms with E-state index in [1.54, 1.807) is 26.2 Å². The van der Waals surface area contributed by atoms with E-state index in [-0.39, 0.29) is 11.7 Å². The molecule has 28 heavy (non-hydrogen) atoms. The second kappa shape index (κ2) is 8.65. The third-order valence-electron chi connectivity index (χ3n) is 4.94. The summed E-state index contributed by atoms with van der Waals surface area (Å²) in [5, 5.41) is 2.92. The first kappa shape index (κ1) is 20.2. The van der Waals surface area contributed by atoms with Crippen LogP contribution in [0.1, 0.15) is 30.9 Å². The Hall–Kier alpha value is -2.54. The van der Waals surface area contributed by atoms with E-state index in [4.69, 9.17) is 4.74 Å². The first-order chi connectivity index (χ1) is 13.4. The molecule has 0 unspecified atom stereocenters. The second-order valence-corrected chi connectivity index (χ2v) is 9.00. The van der Waals surface area contributed by atoms with Gasteiger partial charge in [0.15, 0.2) is 0 Å². The highest BCUT2D eigenvalue weighted by Crippen LogP contribution is 2.31. The van der Waals surface area contributed by atoms with Gasteiger partial charge in [0.25, 0.3) is 0 Å². The van der Waals surface area contributed by atoms with Gasteiger partial charge in [0.05, 0.1) is 18.6 Å². The van der Waals surface area contributed by atoms with Gasteiger partial charge < -0.3 is 10.1 Å². The van der Waals surface area contributed by atoms with Crippen molar-refractivity contribution in [1.82, 2.24) is 0 Å². The van der Waals surface area contributed by atoms with Gasteiger partial charge in [0, 0.05) is 18.7 Å². The number of rotatable bonds is 7. The molecule has 3 rings (SSSR count). The summed E-state index contributed by atoms with van der Waals surface area (Å²) >= 11 is 0. The fraction of sp³-hybridized carbons (Fsp3) is 0.381. The van der Waals surface area contributed by atoms with Crippen molar-refractivity contribution in [3.8, 4) is 5.75 Å². The predicted octanol–water partition coefficient (Wildman–Crippen LogP) is 3.37. The minimum atomic E-state index is -3.28. The lowest BCUT2D eigenvalue weighted by atomic mass is 10.0. The Morgan fingerprint density at radius 2 is 1.93 bits per heavy atom. The molecule has 1 aliphatic rings. The number of aryl methyl sites for hydroxylation is 2. The normalized spacial score (nSPS) is 13.7. The van der Waals surface area contributed by atoms with Crippen molar-refractivity contribution >= 4 is 27.3 Å². The zero-order valence-corrected chi connectivity index (χ0v) is 17.1. The Balaban J connectivity index is 1.64. The summed E-state index contributed by atoms with van der Waals surface area (Å²) in [5.41, 5.74) is 3.46. The molecule has 0 saturated carbocycles. The number of hydrogen-bond acceptors (Lipinski definition) is 4. The molecule has 0 bridgehead atoms. The molecular weight excluding hydrogens is 376 g/mol. The summed E-state index contributed by atoms with van der Waals surface area (Å²) in [7, 11) is -1.65. The Morgan fingerprint density at radius 1 is 1.18 bits per heavy atom. The lowest BCUT2D eigenvalue weighted by Crippen LogP contribution is -2.36. The summed E-state index contributed by atoms with van der Waals surface area (Å²) in [5.74, 6) is 0.807. The molecule has 0 saturated heterocycles. The highest BCUT2D eigenvalue weighted by molar-refractivity contribution is 7.92. The number of fused-ring (bicyclic) bond motifs is 1. The molecule has 1 aliphatic heterocycles. The number of benzene rings is 2. The number of carbonyl (C=O) groups excluding carboxylic acids is 1. The maximum Gasteiger partial charge on any atom is 0.234 e. The molecule has 7 heteroatoms. The van der Waals surface area contributed by atoms with Crippen LogP contribution < -0.4 is 14.4 Å². The van der Waals surface area contributed by atoms with Crippen LogP contribution in [0.25, 0.3) is 0 Å². The smallest absolute Gasteiger partial charge is 0.234 e. The maximum atomic E-state index is 12.3. The molecular formula is C21H26N2O4S. The van der Waals surface area contributed by atoms with Gasteiger partial charge in [-0.05, 0) is 67.6 Å². The number of amides is 1. The largest absolute Gasteiger partial charge is 0.497 e. The van der Waals surface area contributed by atoms with Crippen LogP contribution in [0, 0.1) is 0 Å². The molecule has 150 valence electrons. The van der Waals surface area contributed by atoms with E-state index in [0.29, 0.717) is 25.1 Å². The molecule has 0 aromatic heterocycles. The third kappa shape index (κ3) is 4.65. The first-order valence-corrected chi connectivity index (χ1v) is 11.1. The molecule has 1 N–H and O–H groups in total. The quantitative estimate of drug-likeness (QED) is 0.770. The van der Waals surface area contributed by atoms with E-state index in [9.17, 15) is 13.2 Å². The standard InChI is InChI=1S/C21H26N2O4S/c1-3-28(25,26)23-14-4-5-17-15-18(9-12-20(17)23)22-21(24)13-8-16-6-10-19(27-2)11-7-16/h6-7,9-12,15H,3-5,8,13-14H2,1-2H3,(H,22,24). The van der Waals surface area contributed by atoms with E-state index < -0.39 is 10.0 Å². The average molecular weight is 403 g/mol. The molecule has 1 heterocycles. The van der Waals surface area contributed by atoms with Crippen LogP contribution >= 0.6 is 0 Å². The van der Waals surface area contributed by atoms with Crippen LogP contribution in [-0.2, 0) is 27.7 Å². The molecule has 2 aromatic carbocycles. The molecule has 0 fully saturated rings. The van der Waals surface area contributed by atoms with E-state index in [2.05, 4.69) is 5.32 Å². The first-order valence-electron chi connectivity index (χ1n) is 9.49. The summed E-state index contributed by atoms with van der Waals surface area (Å²) in [6.07, 6.45) is 2.60. The van der Waals surface area contributed by atoms with E-state index >= 15 is 0 Å².